The predicted molar refractivity (Wildman–Crippen MR) is 107 cm³/mol. The van der Waals surface area contributed by atoms with E-state index >= 15 is 0 Å². The van der Waals surface area contributed by atoms with Crippen LogP contribution in [-0.4, -0.2) is 22.7 Å². The Morgan fingerprint density at radius 2 is 1.89 bits per heavy atom. The smallest absolute Gasteiger partial charge is 0.457 e. The Balaban J connectivity index is 1.83. The standard InChI is InChI=1S/C21H19N3O4/c1-3-26-21(25)28-20-12(2)18-16(11-23-20)24-15-5-4-6-17(19(15)18)27-14-9-7-13(22)8-10-14/h4-11,24H,3,22H2,1-2H3. The second-order valence-corrected chi connectivity index (χ2v) is 6.24. The molecule has 4 aromatic rings. The minimum absolute atomic E-state index is 0.203. The number of pyridine rings is 1. The van der Waals surface area contributed by atoms with E-state index in [-0.39, 0.29) is 12.5 Å². The first kappa shape index (κ1) is 17.7. The highest BCUT2D eigenvalue weighted by Crippen LogP contribution is 2.38. The largest absolute Gasteiger partial charge is 0.515 e. The lowest BCUT2D eigenvalue weighted by atomic mass is 10.1. The summed E-state index contributed by atoms with van der Waals surface area (Å²) in [4.78, 5) is 19.3. The van der Waals surface area contributed by atoms with Crippen molar-refractivity contribution in [3.05, 3.63) is 54.2 Å². The second kappa shape index (κ2) is 7.11. The fraction of sp³-hybridized carbons (Fsp3) is 0.143. The molecule has 0 spiro atoms. The minimum Gasteiger partial charge on any atom is -0.457 e. The van der Waals surface area contributed by atoms with Crippen LogP contribution in [-0.2, 0) is 4.74 Å². The van der Waals surface area contributed by atoms with Crippen LogP contribution in [0, 0.1) is 6.92 Å². The zero-order valence-corrected chi connectivity index (χ0v) is 15.5. The maximum absolute atomic E-state index is 11.7. The van der Waals surface area contributed by atoms with Crippen molar-refractivity contribution in [2.75, 3.05) is 12.3 Å². The number of aromatic nitrogens is 2. The molecule has 4 rings (SSSR count). The van der Waals surface area contributed by atoms with Crippen LogP contribution in [0.15, 0.2) is 48.7 Å². The molecule has 7 nitrogen and oxygen atoms in total. The van der Waals surface area contributed by atoms with Gasteiger partial charge in [0, 0.05) is 16.6 Å². The Labute approximate surface area is 161 Å². The molecule has 2 aromatic heterocycles. The number of hydrogen-bond acceptors (Lipinski definition) is 6. The minimum atomic E-state index is -0.782. The average Bonchev–Trinajstić information content (AvgIpc) is 3.06. The number of nitrogens with two attached hydrogens (primary N) is 1. The molecule has 0 saturated carbocycles. The number of rotatable bonds is 4. The van der Waals surface area contributed by atoms with Crippen LogP contribution >= 0.6 is 0 Å². The summed E-state index contributed by atoms with van der Waals surface area (Å²) in [7, 11) is 0. The third-order valence-corrected chi connectivity index (χ3v) is 4.37. The lowest BCUT2D eigenvalue weighted by Gasteiger charge is -2.10. The summed E-state index contributed by atoms with van der Waals surface area (Å²) in [6.07, 6.45) is 0.847. The van der Waals surface area contributed by atoms with Crippen molar-refractivity contribution >= 4 is 33.6 Å². The maximum Gasteiger partial charge on any atom is 0.515 e. The van der Waals surface area contributed by atoms with Crippen molar-refractivity contribution in [2.24, 2.45) is 0 Å². The molecule has 28 heavy (non-hydrogen) atoms. The molecule has 3 N–H and O–H groups in total. The van der Waals surface area contributed by atoms with Gasteiger partial charge in [-0.05, 0) is 50.2 Å². The van der Waals surface area contributed by atoms with Gasteiger partial charge >= 0.3 is 6.16 Å². The Morgan fingerprint density at radius 1 is 1.11 bits per heavy atom. The van der Waals surface area contributed by atoms with E-state index in [2.05, 4.69) is 9.97 Å². The molecular formula is C21H19N3O4. The van der Waals surface area contributed by atoms with Crippen LogP contribution in [0.3, 0.4) is 0 Å². The van der Waals surface area contributed by atoms with E-state index in [1.807, 2.05) is 37.3 Å². The van der Waals surface area contributed by atoms with Gasteiger partial charge in [0.15, 0.2) is 0 Å². The topological polar surface area (TPSA) is 99.5 Å². The van der Waals surface area contributed by atoms with Gasteiger partial charge < -0.3 is 24.9 Å². The van der Waals surface area contributed by atoms with Crippen molar-refractivity contribution < 1.29 is 19.0 Å². The molecule has 0 saturated heterocycles. The number of H-pyrrole nitrogens is 1. The molecule has 142 valence electrons. The van der Waals surface area contributed by atoms with Gasteiger partial charge in [0.25, 0.3) is 0 Å². The van der Waals surface area contributed by atoms with Gasteiger partial charge in [-0.25, -0.2) is 9.78 Å². The number of aromatic amines is 1. The molecule has 0 atom stereocenters. The SMILES string of the molecule is CCOC(=O)Oc1ncc2[nH]c3cccc(Oc4ccc(N)cc4)c3c2c1C. The van der Waals surface area contributed by atoms with Crippen molar-refractivity contribution in [2.45, 2.75) is 13.8 Å². The van der Waals surface area contributed by atoms with E-state index in [4.69, 9.17) is 19.9 Å². The van der Waals surface area contributed by atoms with E-state index in [1.165, 1.54) is 0 Å². The Bertz CT molecular complexity index is 1170. The number of carbonyl (C=O) groups excluding carboxylic acids is 1. The van der Waals surface area contributed by atoms with Crippen LogP contribution in [0.1, 0.15) is 12.5 Å². The van der Waals surface area contributed by atoms with Crippen LogP contribution in [0.2, 0.25) is 0 Å². The second-order valence-electron chi connectivity index (χ2n) is 6.24. The average molecular weight is 377 g/mol. The Hall–Kier alpha value is -3.74. The monoisotopic (exact) mass is 377 g/mol. The summed E-state index contributed by atoms with van der Waals surface area (Å²) in [5.41, 5.74) is 8.83. The summed E-state index contributed by atoms with van der Waals surface area (Å²) in [5, 5.41) is 1.75. The predicted octanol–water partition coefficient (Wildman–Crippen LogP) is 4.93. The highest BCUT2D eigenvalue weighted by Gasteiger charge is 2.18. The molecule has 0 fully saturated rings. The summed E-state index contributed by atoms with van der Waals surface area (Å²) >= 11 is 0. The van der Waals surface area contributed by atoms with E-state index in [0.29, 0.717) is 22.7 Å². The number of fused-ring (bicyclic) bond motifs is 3. The van der Waals surface area contributed by atoms with Crippen LogP contribution in [0.25, 0.3) is 21.8 Å². The Morgan fingerprint density at radius 3 is 2.64 bits per heavy atom. The first-order valence-corrected chi connectivity index (χ1v) is 8.85. The van der Waals surface area contributed by atoms with Crippen LogP contribution in [0.4, 0.5) is 10.5 Å². The lowest BCUT2D eigenvalue weighted by molar-refractivity contribution is 0.102. The first-order chi connectivity index (χ1) is 13.6. The highest BCUT2D eigenvalue weighted by molar-refractivity contribution is 6.12. The molecule has 0 unspecified atom stereocenters. The molecule has 0 aliphatic rings. The third kappa shape index (κ3) is 3.18. The molecule has 0 aliphatic carbocycles. The highest BCUT2D eigenvalue weighted by atomic mass is 16.7. The fourth-order valence-corrected chi connectivity index (χ4v) is 3.13. The number of nitrogens with zero attached hydrogens (tertiary/aromatic N) is 1. The molecular weight excluding hydrogens is 358 g/mol. The van der Waals surface area contributed by atoms with Crippen molar-refractivity contribution in [3.8, 4) is 17.4 Å². The summed E-state index contributed by atoms with van der Waals surface area (Å²) in [5.74, 6) is 1.55. The number of anilines is 1. The van der Waals surface area contributed by atoms with Crippen LogP contribution < -0.4 is 15.2 Å². The Kier molecular flexibility index (Phi) is 4.49. The van der Waals surface area contributed by atoms with Gasteiger partial charge in [0.1, 0.15) is 11.5 Å². The number of hydrogen-bond donors (Lipinski definition) is 2. The first-order valence-electron chi connectivity index (χ1n) is 8.85. The number of benzene rings is 2. The zero-order chi connectivity index (χ0) is 19.7. The number of nitrogens with one attached hydrogen (secondary N) is 1. The van der Waals surface area contributed by atoms with Gasteiger partial charge in [-0.1, -0.05) is 6.07 Å². The summed E-state index contributed by atoms with van der Waals surface area (Å²) < 4.78 is 16.2. The molecule has 2 aromatic carbocycles. The summed E-state index contributed by atoms with van der Waals surface area (Å²) in [6, 6.07) is 12.9. The van der Waals surface area contributed by atoms with Gasteiger partial charge in [0.05, 0.1) is 29.2 Å². The number of carbonyl (C=O) groups is 1. The molecule has 2 heterocycles. The molecule has 0 amide bonds. The molecule has 0 aliphatic heterocycles. The molecule has 7 heteroatoms. The van der Waals surface area contributed by atoms with Gasteiger partial charge in [-0.15, -0.1) is 0 Å². The van der Waals surface area contributed by atoms with E-state index in [0.717, 1.165) is 21.8 Å². The number of ether oxygens (including phenoxy) is 3. The van der Waals surface area contributed by atoms with Crippen molar-refractivity contribution in [3.63, 3.8) is 0 Å². The van der Waals surface area contributed by atoms with E-state index < -0.39 is 6.16 Å². The third-order valence-electron chi connectivity index (χ3n) is 4.37. The molecule has 0 radical (unpaired) electrons. The summed E-state index contributed by atoms with van der Waals surface area (Å²) in [6.45, 7) is 3.79. The van der Waals surface area contributed by atoms with Crippen molar-refractivity contribution in [1.29, 1.82) is 0 Å². The van der Waals surface area contributed by atoms with Crippen LogP contribution in [0.5, 0.6) is 17.4 Å². The number of nitrogen functional groups attached to an aromatic ring is 1. The van der Waals surface area contributed by atoms with E-state index in [9.17, 15) is 4.79 Å². The van der Waals surface area contributed by atoms with Gasteiger partial charge in [-0.2, -0.15) is 0 Å². The van der Waals surface area contributed by atoms with Gasteiger partial charge in [-0.3, -0.25) is 0 Å². The quantitative estimate of drug-likeness (QED) is 0.386. The fourth-order valence-electron chi connectivity index (χ4n) is 3.13. The zero-order valence-electron chi connectivity index (χ0n) is 15.5. The lowest BCUT2D eigenvalue weighted by Crippen LogP contribution is -2.11. The van der Waals surface area contributed by atoms with Crippen molar-refractivity contribution in [1.82, 2.24) is 9.97 Å². The van der Waals surface area contributed by atoms with Gasteiger partial charge in [0.2, 0.25) is 5.88 Å². The van der Waals surface area contributed by atoms with E-state index in [1.54, 1.807) is 25.3 Å². The number of aryl methyl sites for hydroxylation is 1. The maximum atomic E-state index is 11.7. The molecule has 0 bridgehead atoms. The normalized spacial score (nSPS) is 10.9.